The smallest absolute Gasteiger partial charge is 0.247 e. The lowest BCUT2D eigenvalue weighted by molar-refractivity contribution is -0.118. The molecule has 0 atom stereocenters. The molecule has 1 aromatic carbocycles. The van der Waals surface area contributed by atoms with Crippen LogP contribution in [0.4, 0.5) is 0 Å². The van der Waals surface area contributed by atoms with Crippen molar-refractivity contribution in [2.75, 3.05) is 0 Å². The van der Waals surface area contributed by atoms with Crippen LogP contribution in [0, 0.1) is 0 Å². The van der Waals surface area contributed by atoms with Gasteiger partial charge < -0.3 is 11.1 Å². The van der Waals surface area contributed by atoms with Crippen LogP contribution in [0.2, 0.25) is 0 Å². The molecule has 0 saturated carbocycles. The number of carbonyl (C=O) groups excluding carboxylic acids is 2. The fraction of sp³-hybridized carbons (Fsp3) is 0.167. The third-order valence-electron chi connectivity index (χ3n) is 2.01. The normalized spacial score (nSPS) is 10.9. The van der Waals surface area contributed by atoms with E-state index < -0.39 is 5.91 Å². The Morgan fingerprint density at radius 3 is 2.50 bits per heavy atom. The fourth-order valence-corrected chi connectivity index (χ4v) is 1.20. The maximum atomic E-state index is 11.5. The molecule has 4 heteroatoms. The molecule has 0 spiro atoms. The van der Waals surface area contributed by atoms with Crippen molar-refractivity contribution >= 4 is 11.8 Å². The van der Waals surface area contributed by atoms with Crippen LogP contribution >= 0.6 is 0 Å². The molecule has 0 unspecified atom stereocenters. The quantitative estimate of drug-likeness (QED) is 0.731. The molecule has 4 nitrogen and oxygen atoms in total. The van der Waals surface area contributed by atoms with E-state index in [2.05, 4.69) is 5.32 Å². The number of hydrogen-bond donors (Lipinski definition) is 2. The van der Waals surface area contributed by atoms with E-state index in [1.165, 1.54) is 0 Å². The van der Waals surface area contributed by atoms with E-state index in [0.29, 0.717) is 12.1 Å². The number of benzene rings is 1. The van der Waals surface area contributed by atoms with Gasteiger partial charge in [0.2, 0.25) is 11.8 Å². The van der Waals surface area contributed by atoms with Crippen LogP contribution in [-0.4, -0.2) is 11.8 Å². The van der Waals surface area contributed by atoms with Crippen LogP contribution < -0.4 is 11.1 Å². The molecule has 0 aliphatic carbocycles. The minimum Gasteiger partial charge on any atom is -0.366 e. The molecule has 0 fully saturated rings. The van der Waals surface area contributed by atoms with Gasteiger partial charge in [-0.3, -0.25) is 9.59 Å². The lowest BCUT2D eigenvalue weighted by Gasteiger charge is -2.04. The van der Waals surface area contributed by atoms with Crippen molar-refractivity contribution < 1.29 is 9.59 Å². The fourth-order valence-electron chi connectivity index (χ4n) is 1.20. The van der Waals surface area contributed by atoms with E-state index in [0.717, 1.165) is 11.6 Å². The minimum atomic E-state index is -0.618. The number of nitrogens with two attached hydrogens (primary N) is 1. The summed E-state index contributed by atoms with van der Waals surface area (Å²) in [5, 5.41) is 2.69. The molecule has 1 rings (SSSR count). The Balaban J connectivity index is 2.51. The maximum Gasteiger partial charge on any atom is 0.247 e. The summed E-state index contributed by atoms with van der Waals surface area (Å²) < 4.78 is 0. The highest BCUT2D eigenvalue weighted by Gasteiger charge is 2.04. The average Bonchev–Trinajstić information content (AvgIpc) is 2.26. The second-order valence-electron chi connectivity index (χ2n) is 3.40. The molecule has 0 saturated heterocycles. The summed E-state index contributed by atoms with van der Waals surface area (Å²) in [6.45, 7) is 1.98. The van der Waals surface area contributed by atoms with Crippen molar-refractivity contribution in [3.8, 4) is 0 Å². The Bertz CT molecular complexity index is 410. The average molecular weight is 218 g/mol. The summed E-state index contributed by atoms with van der Waals surface area (Å²) in [5.74, 6) is -0.907. The van der Waals surface area contributed by atoms with Crippen LogP contribution in [0.15, 0.2) is 42.0 Å². The number of primary amides is 1. The van der Waals surface area contributed by atoms with Gasteiger partial charge in [-0.1, -0.05) is 30.3 Å². The van der Waals surface area contributed by atoms with Crippen LogP contribution in [0.5, 0.6) is 0 Å². The predicted molar refractivity (Wildman–Crippen MR) is 61.2 cm³/mol. The van der Waals surface area contributed by atoms with Gasteiger partial charge in [0.05, 0.1) is 0 Å². The van der Waals surface area contributed by atoms with Crippen molar-refractivity contribution in [2.24, 2.45) is 5.73 Å². The Hall–Kier alpha value is -2.10. The highest BCUT2D eigenvalue weighted by atomic mass is 16.2. The van der Waals surface area contributed by atoms with Crippen molar-refractivity contribution in [2.45, 2.75) is 13.5 Å². The molecule has 0 aromatic heterocycles. The first kappa shape index (κ1) is 12.0. The van der Waals surface area contributed by atoms with E-state index in [-0.39, 0.29) is 5.91 Å². The van der Waals surface area contributed by atoms with Gasteiger partial charge >= 0.3 is 0 Å². The summed E-state index contributed by atoms with van der Waals surface area (Å²) in [5.41, 5.74) is 6.25. The molecular weight excluding hydrogens is 204 g/mol. The van der Waals surface area contributed by atoms with Gasteiger partial charge in [0.25, 0.3) is 0 Å². The highest BCUT2D eigenvalue weighted by Crippen LogP contribution is 1.98. The third-order valence-corrected chi connectivity index (χ3v) is 2.01. The number of rotatable bonds is 4. The van der Waals surface area contributed by atoms with E-state index in [1.807, 2.05) is 30.3 Å². The molecule has 2 amide bonds. The van der Waals surface area contributed by atoms with Crippen LogP contribution in [0.25, 0.3) is 0 Å². The Labute approximate surface area is 94.1 Å². The number of carbonyl (C=O) groups is 2. The lowest BCUT2D eigenvalue weighted by Crippen LogP contribution is -2.24. The molecule has 84 valence electrons. The van der Waals surface area contributed by atoms with E-state index in [1.54, 1.807) is 6.92 Å². The zero-order valence-electron chi connectivity index (χ0n) is 9.07. The van der Waals surface area contributed by atoms with Gasteiger partial charge in [0.15, 0.2) is 0 Å². The van der Waals surface area contributed by atoms with Crippen LogP contribution in [0.1, 0.15) is 12.5 Å². The highest BCUT2D eigenvalue weighted by molar-refractivity contribution is 5.99. The zero-order chi connectivity index (χ0) is 12.0. The van der Waals surface area contributed by atoms with Gasteiger partial charge in [-0.25, -0.2) is 0 Å². The van der Waals surface area contributed by atoms with Crippen molar-refractivity contribution in [3.63, 3.8) is 0 Å². The Kier molecular flexibility index (Phi) is 4.27. The molecule has 0 radical (unpaired) electrons. The summed E-state index contributed by atoms with van der Waals surface area (Å²) in [6, 6.07) is 9.52. The minimum absolute atomic E-state index is 0.289. The molecule has 0 aliphatic heterocycles. The summed E-state index contributed by atoms with van der Waals surface area (Å²) >= 11 is 0. The monoisotopic (exact) mass is 218 g/mol. The van der Waals surface area contributed by atoms with Crippen LogP contribution in [-0.2, 0) is 16.1 Å². The van der Waals surface area contributed by atoms with Crippen LogP contribution in [0.3, 0.4) is 0 Å². The number of amides is 2. The topological polar surface area (TPSA) is 72.2 Å². The first-order chi connectivity index (χ1) is 7.59. The van der Waals surface area contributed by atoms with Gasteiger partial charge in [0, 0.05) is 18.2 Å². The molecule has 0 bridgehead atoms. The lowest BCUT2D eigenvalue weighted by atomic mass is 10.2. The Morgan fingerprint density at radius 1 is 1.31 bits per heavy atom. The molecule has 16 heavy (non-hydrogen) atoms. The Morgan fingerprint density at radius 2 is 1.94 bits per heavy atom. The summed E-state index contributed by atoms with van der Waals surface area (Å²) in [7, 11) is 0. The third kappa shape index (κ3) is 3.96. The molecular formula is C12H14N2O2. The van der Waals surface area contributed by atoms with Crippen molar-refractivity contribution in [3.05, 3.63) is 47.5 Å². The van der Waals surface area contributed by atoms with Gasteiger partial charge in [-0.2, -0.15) is 0 Å². The maximum absolute atomic E-state index is 11.5. The second-order valence-corrected chi connectivity index (χ2v) is 3.40. The van der Waals surface area contributed by atoms with Crippen molar-refractivity contribution in [1.82, 2.24) is 5.32 Å². The summed E-state index contributed by atoms with van der Waals surface area (Å²) in [4.78, 5) is 22.0. The van der Waals surface area contributed by atoms with Gasteiger partial charge in [-0.05, 0) is 12.5 Å². The first-order valence-electron chi connectivity index (χ1n) is 4.89. The molecule has 0 heterocycles. The molecule has 3 N–H and O–H groups in total. The number of nitrogens with one attached hydrogen (secondary N) is 1. The van der Waals surface area contributed by atoms with Gasteiger partial charge in [-0.15, -0.1) is 0 Å². The van der Waals surface area contributed by atoms with E-state index in [4.69, 9.17) is 5.73 Å². The number of hydrogen-bond acceptors (Lipinski definition) is 2. The zero-order valence-corrected chi connectivity index (χ0v) is 9.07. The summed E-state index contributed by atoms with van der Waals surface area (Å²) in [6.07, 6.45) is 1.11. The van der Waals surface area contributed by atoms with Gasteiger partial charge in [0.1, 0.15) is 0 Å². The standard InChI is InChI=1S/C12H14N2O2/c1-9(7-11(13)15)12(16)14-8-10-5-3-2-4-6-10/h2-7H,8H2,1H3,(H2,13,15)(H,14,16)/b9-7+. The SMILES string of the molecule is C/C(=C\C(N)=O)C(=O)NCc1ccccc1. The molecule has 0 aliphatic rings. The predicted octanol–water partition coefficient (Wildman–Crippen LogP) is 0.734. The van der Waals surface area contributed by atoms with E-state index in [9.17, 15) is 9.59 Å². The molecule has 1 aromatic rings. The first-order valence-corrected chi connectivity index (χ1v) is 4.89. The van der Waals surface area contributed by atoms with Crippen molar-refractivity contribution in [1.29, 1.82) is 0 Å². The van der Waals surface area contributed by atoms with E-state index >= 15 is 0 Å². The largest absolute Gasteiger partial charge is 0.366 e. The second kappa shape index (κ2) is 5.70.